The second-order valence-corrected chi connectivity index (χ2v) is 8.23. The van der Waals surface area contributed by atoms with Gasteiger partial charge in [0.25, 0.3) is 0 Å². The summed E-state index contributed by atoms with van der Waals surface area (Å²) in [6, 6.07) is 20.2. The summed E-state index contributed by atoms with van der Waals surface area (Å²) in [6.07, 6.45) is -0.601. The highest BCUT2D eigenvalue weighted by Gasteiger charge is 2.31. The summed E-state index contributed by atoms with van der Waals surface area (Å²) in [6.45, 7) is 3.64. The zero-order valence-electron chi connectivity index (χ0n) is 19.6. The van der Waals surface area contributed by atoms with E-state index in [1.807, 2.05) is 66.7 Å². The fraction of sp³-hybridized carbons (Fsp3) is 0.200. The molecule has 0 unspecified atom stereocenters. The molecule has 1 atom stereocenters. The van der Waals surface area contributed by atoms with Crippen LogP contribution < -0.4 is 5.32 Å². The zero-order chi connectivity index (χ0) is 24.8. The molecule has 3 aromatic carbocycles. The Morgan fingerprint density at radius 3 is 2.00 bits per heavy atom. The average molecular weight is 464 g/mol. The molecule has 1 aliphatic carbocycles. The van der Waals surface area contributed by atoms with E-state index in [1.165, 1.54) is 0 Å². The number of alkyl carbamates (subject to hydrolysis) is 1. The van der Waals surface area contributed by atoms with Gasteiger partial charge in [-0.2, -0.15) is 0 Å². The highest BCUT2D eigenvalue weighted by molar-refractivity contribution is 5.82. The average Bonchev–Trinajstić information content (AvgIpc) is 3.15. The van der Waals surface area contributed by atoms with Crippen LogP contribution in [0.3, 0.4) is 0 Å². The van der Waals surface area contributed by atoms with Gasteiger partial charge < -0.3 is 15.2 Å². The summed E-state index contributed by atoms with van der Waals surface area (Å²) in [5.74, 6) is 10.7. The minimum atomic E-state index is -1.12. The monoisotopic (exact) mass is 463 g/mol. The number of carbonyl (C=O) groups is 2. The Morgan fingerprint density at radius 2 is 1.49 bits per heavy atom. The third kappa shape index (κ3) is 5.37. The molecule has 1 aliphatic rings. The van der Waals surface area contributed by atoms with Crippen molar-refractivity contribution in [3.05, 3.63) is 94.5 Å². The van der Waals surface area contributed by atoms with Crippen LogP contribution in [-0.4, -0.2) is 29.8 Å². The van der Waals surface area contributed by atoms with Crippen LogP contribution in [0.4, 0.5) is 4.79 Å². The number of carbonyl (C=O) groups excluding carboxylic acids is 1. The second kappa shape index (κ2) is 10.6. The van der Waals surface area contributed by atoms with Gasteiger partial charge in [0.15, 0.2) is 0 Å². The van der Waals surface area contributed by atoms with E-state index in [0.29, 0.717) is 0 Å². The highest BCUT2D eigenvalue weighted by atomic mass is 16.5. The largest absolute Gasteiger partial charge is 0.480 e. The van der Waals surface area contributed by atoms with Gasteiger partial charge in [-0.1, -0.05) is 54.3 Å². The molecule has 0 saturated carbocycles. The Labute approximate surface area is 205 Å². The zero-order valence-corrected chi connectivity index (χ0v) is 19.6. The predicted octanol–water partition coefficient (Wildman–Crippen LogP) is 4.96. The van der Waals surface area contributed by atoms with E-state index in [1.54, 1.807) is 13.8 Å². The van der Waals surface area contributed by atoms with Crippen LogP contribution in [0.5, 0.6) is 0 Å². The molecular weight excluding hydrogens is 438 g/mol. The van der Waals surface area contributed by atoms with Gasteiger partial charge in [-0.15, -0.1) is 11.8 Å². The molecule has 5 heteroatoms. The maximum atomic E-state index is 12.6. The number of rotatable bonds is 6. The molecule has 174 valence electrons. The van der Waals surface area contributed by atoms with E-state index in [2.05, 4.69) is 29.0 Å². The third-order valence-corrected chi connectivity index (χ3v) is 5.94. The summed E-state index contributed by atoms with van der Waals surface area (Å²) in [5, 5.41) is 12.1. The number of nitrogens with one attached hydrogen (secondary N) is 1. The van der Waals surface area contributed by atoms with Crippen molar-refractivity contribution in [1.82, 2.24) is 5.32 Å². The summed E-state index contributed by atoms with van der Waals surface area (Å²) < 4.78 is 5.57. The van der Waals surface area contributed by atoms with E-state index in [-0.39, 0.29) is 18.9 Å². The molecule has 0 fully saturated rings. The highest BCUT2D eigenvalue weighted by Crippen LogP contribution is 2.45. The normalized spacial score (nSPS) is 12.2. The number of carboxylic acids is 1. The lowest BCUT2D eigenvalue weighted by molar-refractivity contribution is -0.139. The van der Waals surface area contributed by atoms with Crippen molar-refractivity contribution in [1.29, 1.82) is 0 Å². The van der Waals surface area contributed by atoms with Gasteiger partial charge in [0.1, 0.15) is 12.6 Å². The maximum absolute atomic E-state index is 12.6. The Kier molecular flexibility index (Phi) is 7.19. The van der Waals surface area contributed by atoms with E-state index in [0.717, 1.165) is 38.9 Å². The fourth-order valence-electron chi connectivity index (χ4n) is 4.38. The van der Waals surface area contributed by atoms with Crippen molar-refractivity contribution in [2.75, 3.05) is 6.61 Å². The minimum absolute atomic E-state index is 0.0650. The number of amides is 1. The van der Waals surface area contributed by atoms with Crippen LogP contribution in [0, 0.1) is 23.7 Å². The molecule has 1 amide bonds. The predicted molar refractivity (Wildman–Crippen MR) is 135 cm³/mol. The standard InChI is InChI=1S/C30H25NO4/c1-3-8-20-12-14-23-24-15-13-21(9-4-2)17-26(24)27(25(23)16-20)19-35-30(34)31-28(29(32)33)18-22-10-6-5-7-11-22/h5-7,10-17,27-28H,18-19H2,1-2H3,(H,31,34)(H,32,33)/t28-/m1/s1. The molecule has 35 heavy (non-hydrogen) atoms. The van der Waals surface area contributed by atoms with Crippen LogP contribution in [-0.2, 0) is 16.0 Å². The molecule has 0 bridgehead atoms. The molecular formula is C30H25NO4. The number of ether oxygens (including phenoxy) is 1. The lowest BCUT2D eigenvalue weighted by Gasteiger charge is -2.18. The number of hydrogen-bond donors (Lipinski definition) is 2. The molecule has 0 saturated heterocycles. The summed E-state index contributed by atoms with van der Waals surface area (Å²) in [4.78, 5) is 24.4. The van der Waals surface area contributed by atoms with Crippen LogP contribution >= 0.6 is 0 Å². The van der Waals surface area contributed by atoms with Crippen molar-refractivity contribution in [3.63, 3.8) is 0 Å². The Morgan fingerprint density at radius 1 is 0.914 bits per heavy atom. The lowest BCUT2D eigenvalue weighted by atomic mass is 9.95. The SMILES string of the molecule is CC#Cc1ccc2c(c1)C(COC(=O)N[C@H](Cc1ccccc1)C(=O)O)c1cc(C#CC)ccc1-2. The van der Waals surface area contributed by atoms with Crippen molar-refractivity contribution in [3.8, 4) is 34.8 Å². The van der Waals surface area contributed by atoms with Gasteiger partial charge in [0.2, 0.25) is 0 Å². The van der Waals surface area contributed by atoms with Crippen LogP contribution in [0.2, 0.25) is 0 Å². The van der Waals surface area contributed by atoms with Crippen molar-refractivity contribution in [2.24, 2.45) is 0 Å². The Bertz CT molecular complexity index is 1320. The molecule has 0 radical (unpaired) electrons. The van der Waals surface area contributed by atoms with Crippen LogP contribution in [0.15, 0.2) is 66.7 Å². The first-order chi connectivity index (χ1) is 17.0. The van der Waals surface area contributed by atoms with Crippen molar-refractivity contribution < 1.29 is 19.4 Å². The molecule has 0 heterocycles. The van der Waals surface area contributed by atoms with Gasteiger partial charge in [-0.05, 0) is 65.9 Å². The van der Waals surface area contributed by atoms with Gasteiger partial charge in [-0.25, -0.2) is 9.59 Å². The van der Waals surface area contributed by atoms with Crippen LogP contribution in [0.25, 0.3) is 11.1 Å². The van der Waals surface area contributed by atoms with E-state index < -0.39 is 18.1 Å². The third-order valence-electron chi connectivity index (χ3n) is 5.94. The Hall–Kier alpha value is -4.48. The first kappa shape index (κ1) is 23.7. The Balaban J connectivity index is 1.55. The fourth-order valence-corrected chi connectivity index (χ4v) is 4.38. The molecule has 0 aromatic heterocycles. The van der Waals surface area contributed by atoms with Crippen molar-refractivity contribution in [2.45, 2.75) is 32.2 Å². The quantitative estimate of drug-likeness (QED) is 0.507. The lowest BCUT2D eigenvalue weighted by Crippen LogP contribution is -2.42. The van der Waals surface area contributed by atoms with Gasteiger partial charge >= 0.3 is 12.1 Å². The number of aliphatic carboxylic acids is 1. The molecule has 4 rings (SSSR count). The maximum Gasteiger partial charge on any atom is 0.407 e. The molecule has 5 nitrogen and oxygen atoms in total. The van der Waals surface area contributed by atoms with E-state index in [9.17, 15) is 14.7 Å². The summed E-state index contributed by atoms with van der Waals surface area (Å²) in [5.41, 5.74) is 6.76. The topological polar surface area (TPSA) is 75.6 Å². The van der Waals surface area contributed by atoms with Gasteiger partial charge in [0, 0.05) is 23.5 Å². The molecule has 0 aliphatic heterocycles. The minimum Gasteiger partial charge on any atom is -0.480 e. The summed E-state index contributed by atoms with van der Waals surface area (Å²) in [7, 11) is 0. The molecule has 3 aromatic rings. The molecule has 2 N–H and O–H groups in total. The number of carboxylic acid groups (broad SMARTS) is 1. The number of hydrogen-bond acceptors (Lipinski definition) is 3. The van der Waals surface area contributed by atoms with Crippen LogP contribution in [0.1, 0.15) is 47.6 Å². The van der Waals surface area contributed by atoms with Gasteiger partial charge in [-0.3, -0.25) is 0 Å². The molecule has 0 spiro atoms. The second-order valence-electron chi connectivity index (χ2n) is 8.23. The van der Waals surface area contributed by atoms with Gasteiger partial charge in [0.05, 0.1) is 0 Å². The first-order valence-electron chi connectivity index (χ1n) is 11.3. The van der Waals surface area contributed by atoms with E-state index >= 15 is 0 Å². The van der Waals surface area contributed by atoms with E-state index in [4.69, 9.17) is 4.74 Å². The first-order valence-corrected chi connectivity index (χ1v) is 11.3. The number of benzene rings is 3. The smallest absolute Gasteiger partial charge is 0.407 e. The summed E-state index contributed by atoms with van der Waals surface area (Å²) >= 11 is 0. The number of fused-ring (bicyclic) bond motifs is 3. The van der Waals surface area contributed by atoms with Crippen molar-refractivity contribution >= 4 is 12.1 Å².